The van der Waals surface area contributed by atoms with Crippen molar-refractivity contribution in [2.24, 2.45) is 14.1 Å². The largest absolute Gasteiger partial charge is 0.511 e. The number of imidazole rings is 2. The van der Waals surface area contributed by atoms with Crippen LogP contribution < -0.4 is 4.68 Å². The van der Waals surface area contributed by atoms with E-state index < -0.39 is 34.2 Å². The molecule has 2 atom stereocenters. The molecule has 8 aromatic rings. The molecule has 1 aliphatic heterocycles. The van der Waals surface area contributed by atoms with Crippen molar-refractivity contribution in [1.29, 1.82) is 0 Å². The average molecular weight is 857 g/mol. The summed E-state index contributed by atoms with van der Waals surface area (Å²) < 4.78 is 84.1. The van der Waals surface area contributed by atoms with E-state index in [0.717, 1.165) is 53.1 Å². The molecule has 8 aromatic heterocycles. The van der Waals surface area contributed by atoms with Crippen LogP contribution in [0.4, 0.5) is 13.2 Å². The zero-order valence-electron chi connectivity index (χ0n) is 33.4. The van der Waals surface area contributed by atoms with Gasteiger partial charge in [-0.25, -0.2) is 28.4 Å². The lowest BCUT2D eigenvalue weighted by molar-refractivity contribution is -0.756. The quantitative estimate of drug-likeness (QED) is 0.127. The fourth-order valence-corrected chi connectivity index (χ4v) is 9.76. The van der Waals surface area contributed by atoms with Crippen molar-refractivity contribution < 1.29 is 31.0 Å². The molecule has 0 N–H and O–H groups in total. The first-order valence-corrected chi connectivity index (χ1v) is 21.2. The lowest BCUT2D eigenvalue weighted by Gasteiger charge is -2.49. The third-order valence-electron chi connectivity index (χ3n) is 11.8. The molecule has 2 fully saturated rings. The minimum Gasteiger partial charge on any atom is -0.382 e. The van der Waals surface area contributed by atoms with Gasteiger partial charge in [-0.15, -0.1) is 4.68 Å². The lowest BCUT2D eigenvalue weighted by atomic mass is 9.89. The zero-order valence-corrected chi connectivity index (χ0v) is 34.2. The van der Waals surface area contributed by atoms with E-state index in [4.69, 9.17) is 19.8 Å². The van der Waals surface area contributed by atoms with Crippen LogP contribution in [0.15, 0.2) is 86.5 Å². The van der Waals surface area contributed by atoms with Gasteiger partial charge in [-0.2, -0.15) is 37.5 Å². The molecule has 0 bridgehead atoms. The third kappa shape index (κ3) is 6.68. The van der Waals surface area contributed by atoms with Gasteiger partial charge in [0, 0.05) is 94.4 Å². The first-order valence-electron chi connectivity index (χ1n) is 19.8. The predicted molar refractivity (Wildman–Crippen MR) is 213 cm³/mol. The summed E-state index contributed by atoms with van der Waals surface area (Å²) in [6.07, 6.45) is 25.1. The Hall–Kier alpha value is -6.26. The highest BCUT2D eigenvalue weighted by molar-refractivity contribution is 7.90. The number of nitrogens with zero attached hydrogens (tertiary/aromatic N) is 15. The number of ether oxygens (including phenoxy) is 1. The van der Waals surface area contributed by atoms with E-state index >= 15 is 0 Å². The van der Waals surface area contributed by atoms with E-state index in [-0.39, 0.29) is 25.1 Å². The fraction of sp³-hybridized carbons (Fsp3) is 0.385. The van der Waals surface area contributed by atoms with Crippen LogP contribution in [-0.2, 0) is 34.4 Å². The van der Waals surface area contributed by atoms with E-state index in [2.05, 4.69) is 41.9 Å². The Morgan fingerprint density at radius 3 is 2.13 bits per heavy atom. The summed E-state index contributed by atoms with van der Waals surface area (Å²) in [5, 5.41) is 13.7. The summed E-state index contributed by atoms with van der Waals surface area (Å²) in [4.78, 5) is 19.1. The first-order chi connectivity index (χ1) is 29.3. The van der Waals surface area contributed by atoms with E-state index in [1.165, 1.54) is 0 Å². The van der Waals surface area contributed by atoms with Gasteiger partial charge in [-0.3, -0.25) is 22.8 Å². The van der Waals surface area contributed by atoms with Gasteiger partial charge in [0.1, 0.15) is 22.9 Å². The van der Waals surface area contributed by atoms with Gasteiger partial charge in [0.25, 0.3) is 0 Å². The number of fused-ring (bicyclic) bond motifs is 2. The molecule has 1 saturated carbocycles. The van der Waals surface area contributed by atoms with Crippen molar-refractivity contribution in [3.8, 4) is 45.3 Å². The Morgan fingerprint density at radius 1 is 0.836 bits per heavy atom. The van der Waals surface area contributed by atoms with Crippen molar-refractivity contribution in [3.63, 3.8) is 0 Å². The number of hydrogen-bond acceptors (Lipinski definition) is 10. The second kappa shape index (κ2) is 14.4. The molecule has 2 aliphatic rings. The SMILES string of the molecule is CCOCCC1(n2cc(-c3nc(-c4cn(C5CCC(n6cc(-c7nc(-c8cnn(C)c8)cc8nccn78)cn6)C5)[n+](C)c4)cc4nccn34)cn2)CN(S(=O)(=O)C(F)(F)F)C1. The highest BCUT2D eigenvalue weighted by Crippen LogP contribution is 2.41. The molecule has 61 heavy (non-hydrogen) atoms. The second-order valence-corrected chi connectivity index (χ2v) is 17.6. The molecule has 0 aromatic carbocycles. The Morgan fingerprint density at radius 2 is 1.48 bits per heavy atom. The molecule has 1 aliphatic carbocycles. The number of aryl methyl sites for hydroxylation is 2. The van der Waals surface area contributed by atoms with Crippen LogP contribution in [0.2, 0.25) is 0 Å². The molecule has 22 heteroatoms. The number of alkyl halides is 3. The number of halogens is 3. The molecular weight excluding hydrogens is 816 g/mol. The number of hydrogen-bond donors (Lipinski definition) is 0. The van der Waals surface area contributed by atoms with E-state index in [9.17, 15) is 21.6 Å². The van der Waals surface area contributed by atoms with Crippen LogP contribution >= 0.6 is 0 Å². The van der Waals surface area contributed by atoms with Crippen LogP contribution in [0.3, 0.4) is 0 Å². The number of aromatic nitrogens is 14. The van der Waals surface area contributed by atoms with Crippen LogP contribution in [0.1, 0.15) is 44.7 Å². The molecule has 1 saturated heterocycles. The molecule has 18 nitrogen and oxygen atoms in total. The first kappa shape index (κ1) is 38.9. The smallest absolute Gasteiger partial charge is 0.382 e. The second-order valence-electron chi connectivity index (χ2n) is 15.7. The Labute approximate surface area is 346 Å². The van der Waals surface area contributed by atoms with Gasteiger partial charge in [-0.1, -0.05) is 0 Å². The molecule has 0 radical (unpaired) electrons. The summed E-state index contributed by atoms with van der Waals surface area (Å²) in [6.45, 7) is 1.66. The monoisotopic (exact) mass is 856 g/mol. The van der Waals surface area contributed by atoms with Gasteiger partial charge >= 0.3 is 15.5 Å². The third-order valence-corrected chi connectivity index (χ3v) is 13.4. The predicted octanol–water partition coefficient (Wildman–Crippen LogP) is 4.45. The lowest BCUT2D eigenvalue weighted by Crippen LogP contribution is -2.66. The molecule has 0 amide bonds. The molecule has 10 rings (SSSR count). The van der Waals surface area contributed by atoms with E-state index in [1.807, 2.05) is 71.4 Å². The minimum atomic E-state index is -5.49. The topological polar surface area (TPSA) is 169 Å². The van der Waals surface area contributed by atoms with Crippen molar-refractivity contribution in [1.82, 2.24) is 67.1 Å². The van der Waals surface area contributed by atoms with Gasteiger partial charge in [0.2, 0.25) is 6.20 Å². The molecule has 9 heterocycles. The van der Waals surface area contributed by atoms with Crippen LogP contribution in [0, 0.1) is 0 Å². The molecular formula is C39H41F3N15O3S+. The van der Waals surface area contributed by atoms with Gasteiger partial charge in [-0.05, 0) is 32.6 Å². The number of rotatable bonds is 12. The zero-order chi connectivity index (χ0) is 42.3. The Bertz CT molecular complexity index is 3020. The van der Waals surface area contributed by atoms with Gasteiger partial charge in [0.15, 0.2) is 7.05 Å². The highest BCUT2D eigenvalue weighted by atomic mass is 32.2. The summed E-state index contributed by atoms with van der Waals surface area (Å²) in [5.74, 6) is 1.27. The van der Waals surface area contributed by atoms with Gasteiger partial charge < -0.3 is 4.74 Å². The molecule has 316 valence electrons. The number of sulfonamides is 1. The summed E-state index contributed by atoms with van der Waals surface area (Å²) >= 11 is 0. The summed E-state index contributed by atoms with van der Waals surface area (Å²) in [5.41, 5.74) is -0.299. The van der Waals surface area contributed by atoms with Crippen LogP contribution in [-0.4, -0.2) is 107 Å². The summed E-state index contributed by atoms with van der Waals surface area (Å²) in [7, 11) is -1.61. The minimum absolute atomic E-state index is 0.167. The highest BCUT2D eigenvalue weighted by Gasteiger charge is 2.59. The summed E-state index contributed by atoms with van der Waals surface area (Å²) in [6, 6.07) is 4.21. The van der Waals surface area contributed by atoms with Crippen molar-refractivity contribution in [2.75, 3.05) is 26.3 Å². The van der Waals surface area contributed by atoms with E-state index in [0.29, 0.717) is 33.6 Å². The molecule has 0 spiro atoms. The Balaban J connectivity index is 0.898. The van der Waals surface area contributed by atoms with E-state index in [1.54, 1.807) is 46.5 Å². The average Bonchev–Trinajstić information content (AvgIpc) is 4.06. The fourth-order valence-electron chi connectivity index (χ4n) is 8.65. The maximum absolute atomic E-state index is 13.4. The Kier molecular flexibility index (Phi) is 9.21. The maximum atomic E-state index is 13.4. The van der Waals surface area contributed by atoms with Gasteiger partial charge in [0.05, 0.1) is 70.5 Å². The maximum Gasteiger partial charge on any atom is 0.511 e. The standard InChI is InChI=1S/C39H41F3N15O3S/c1-4-60-12-7-38(24-52(25-38)61(58,59)39(40,41)42)57-23-28(18-47-57)37-49-33(15-35-44-9-11-54(35)37)29-20-51(3)56(22-29)31-6-5-30(13-31)55-21-27(17-46-55)36-48-32(26-16-45-50(2)19-26)14-34-43-8-10-53(34)36/h8-11,14-23,30-31H,4-7,12-13,24-25H2,1-3H3/q+1. The van der Waals surface area contributed by atoms with Crippen LogP contribution in [0.25, 0.3) is 56.6 Å². The van der Waals surface area contributed by atoms with Crippen LogP contribution in [0.5, 0.6) is 0 Å². The molecule has 2 unspecified atom stereocenters. The van der Waals surface area contributed by atoms with Crippen molar-refractivity contribution in [3.05, 3.63) is 86.5 Å². The normalized spacial score (nSPS) is 18.5. The van der Waals surface area contributed by atoms with Crippen molar-refractivity contribution >= 4 is 21.3 Å². The van der Waals surface area contributed by atoms with Crippen molar-refractivity contribution in [2.45, 2.75) is 55.7 Å².